The minimum atomic E-state index is -2.07. The average Bonchev–Trinajstić information content (AvgIpc) is 3.38. The van der Waals surface area contributed by atoms with Crippen molar-refractivity contribution in [1.82, 2.24) is 0 Å². The average molecular weight is 566 g/mol. The molecule has 0 spiro atoms. The molecule has 166 valence electrons. The van der Waals surface area contributed by atoms with Crippen molar-refractivity contribution in [2.24, 2.45) is 5.92 Å². The molecule has 4 rings (SSSR count). The van der Waals surface area contributed by atoms with Gasteiger partial charge in [0, 0.05) is 0 Å². The van der Waals surface area contributed by atoms with E-state index >= 15 is 0 Å². The summed E-state index contributed by atoms with van der Waals surface area (Å²) >= 11 is 2.31. The van der Waals surface area contributed by atoms with Crippen molar-refractivity contribution >= 4 is 62.4 Å². The Kier molecular flexibility index (Phi) is 7.34. The van der Waals surface area contributed by atoms with E-state index in [2.05, 4.69) is 70.4 Å². The zero-order valence-corrected chi connectivity index (χ0v) is 25.7. The van der Waals surface area contributed by atoms with E-state index in [0.717, 1.165) is 11.5 Å². The Labute approximate surface area is 198 Å². The molecule has 3 heterocycles. The van der Waals surface area contributed by atoms with Crippen LogP contribution in [0.15, 0.2) is 12.1 Å². The fourth-order valence-electron chi connectivity index (χ4n) is 6.24. The third kappa shape index (κ3) is 4.19. The number of hydrogen-bond acceptors (Lipinski definition) is 2. The number of unbranched alkanes of at least 4 members (excludes halogenated alkanes) is 1. The fourth-order valence-corrected chi connectivity index (χ4v) is 22.5. The van der Waals surface area contributed by atoms with Crippen molar-refractivity contribution in [2.45, 2.75) is 105 Å². The second kappa shape index (κ2) is 9.34. The quantitative estimate of drug-likeness (QED) is 0.287. The molecule has 1 saturated carbocycles. The van der Waals surface area contributed by atoms with E-state index in [9.17, 15) is 0 Å². The molecule has 2 unspecified atom stereocenters. The van der Waals surface area contributed by atoms with Crippen LogP contribution in [0.4, 0.5) is 0 Å². The molecule has 1 aliphatic heterocycles. The summed E-state index contributed by atoms with van der Waals surface area (Å²) in [7, 11) is -1.69. The van der Waals surface area contributed by atoms with Crippen LogP contribution in [0.1, 0.15) is 76.5 Å². The molecule has 0 aromatic carbocycles. The van der Waals surface area contributed by atoms with Gasteiger partial charge in [0.15, 0.2) is 0 Å². The Hall–Kier alpha value is 0.416. The first kappa shape index (κ1) is 23.6. The van der Waals surface area contributed by atoms with E-state index < -0.39 is 26.5 Å². The second-order valence-electron chi connectivity index (χ2n) is 11.1. The molecule has 2 atom stereocenters. The predicted octanol–water partition coefficient (Wildman–Crippen LogP) is 7.76. The first-order valence-corrected chi connectivity index (χ1v) is 26.5. The molecule has 0 bridgehead atoms. The summed E-state index contributed by atoms with van der Waals surface area (Å²) in [6.07, 6.45) is 13.1. The van der Waals surface area contributed by atoms with E-state index in [0.29, 0.717) is 0 Å². The number of thiophene rings is 2. The van der Waals surface area contributed by atoms with Gasteiger partial charge in [-0.1, -0.05) is 0 Å². The third-order valence-corrected chi connectivity index (χ3v) is 26.0. The molecular weight excluding hydrogens is 523 g/mol. The number of aryl methyl sites for hydroxylation is 1. The normalized spacial score (nSPS) is 22.9. The van der Waals surface area contributed by atoms with E-state index in [1.807, 2.05) is 13.3 Å². The zero-order chi connectivity index (χ0) is 21.5. The van der Waals surface area contributed by atoms with Crippen LogP contribution in [0, 0.1) is 12.8 Å². The number of hydrogen-bond donors (Lipinski definition) is 0. The molecule has 2 aromatic rings. The SMILES string of the molecule is CCCCC(CC)C[Si]1(C2CCCCC2)c2cc(C)sc2-c2s[c]([Sn]([CH3])([CH3])[CH3])cc21. The fraction of sp³-hybridized carbons (Fsp3) is 0.692. The molecule has 0 radical (unpaired) electrons. The van der Waals surface area contributed by atoms with Gasteiger partial charge in [0.2, 0.25) is 0 Å². The van der Waals surface area contributed by atoms with Gasteiger partial charge in [-0.2, -0.15) is 0 Å². The Morgan fingerprint density at radius 1 is 1.00 bits per heavy atom. The van der Waals surface area contributed by atoms with Gasteiger partial charge in [0.05, 0.1) is 0 Å². The van der Waals surface area contributed by atoms with Crippen LogP contribution in [0.3, 0.4) is 0 Å². The van der Waals surface area contributed by atoms with Gasteiger partial charge in [0.1, 0.15) is 0 Å². The number of rotatable bonds is 8. The predicted molar refractivity (Wildman–Crippen MR) is 145 cm³/mol. The topological polar surface area (TPSA) is 0 Å². The second-order valence-corrected chi connectivity index (χ2v) is 33.1. The van der Waals surface area contributed by atoms with Crippen molar-refractivity contribution in [1.29, 1.82) is 0 Å². The summed E-state index contributed by atoms with van der Waals surface area (Å²) in [5.74, 6) is 0.930. The first-order valence-electron chi connectivity index (χ1n) is 12.6. The Morgan fingerprint density at radius 2 is 1.67 bits per heavy atom. The van der Waals surface area contributed by atoms with Crippen LogP contribution in [0.5, 0.6) is 0 Å². The van der Waals surface area contributed by atoms with Crippen LogP contribution in [-0.4, -0.2) is 26.5 Å². The van der Waals surface area contributed by atoms with Crippen molar-refractivity contribution in [2.75, 3.05) is 0 Å². The zero-order valence-electron chi connectivity index (χ0n) is 20.2. The molecule has 0 N–H and O–H groups in total. The summed E-state index contributed by atoms with van der Waals surface area (Å²) in [6.45, 7) is 7.22. The standard InChI is InChI=1S/C23H33S2Si.3CH3.Sn/c1-4-6-10-18(5-2)16-26(19-11-8-7-9-12-19)20-13-14-24-22(20)23-21(26)15-17(3)25-23;;;;/h13,15,18-19H,4-12,16H2,1-3H3;3*1H3;. The third-order valence-electron chi connectivity index (χ3n) is 7.95. The summed E-state index contributed by atoms with van der Waals surface area (Å²) in [5.41, 5.74) is 0.994. The maximum absolute atomic E-state index is 2.82. The van der Waals surface area contributed by atoms with Gasteiger partial charge in [-0.25, -0.2) is 0 Å². The van der Waals surface area contributed by atoms with E-state index in [4.69, 9.17) is 0 Å². The van der Waals surface area contributed by atoms with Gasteiger partial charge in [0.25, 0.3) is 0 Å². The monoisotopic (exact) mass is 566 g/mol. The minimum absolute atomic E-state index is 0.930. The Bertz CT molecular complexity index is 868. The Balaban J connectivity index is 1.88. The molecule has 2 aromatic heterocycles. The van der Waals surface area contributed by atoms with E-state index in [1.54, 1.807) is 20.7 Å². The summed E-state index contributed by atoms with van der Waals surface area (Å²) < 4.78 is 1.83. The molecule has 0 amide bonds. The molecule has 0 saturated heterocycles. The molecule has 4 heteroatoms. The van der Waals surface area contributed by atoms with Crippen molar-refractivity contribution < 1.29 is 0 Å². The summed E-state index contributed by atoms with van der Waals surface area (Å²) in [4.78, 5) is 12.9. The number of fused-ring (bicyclic) bond motifs is 3. The van der Waals surface area contributed by atoms with Gasteiger partial charge < -0.3 is 0 Å². The molecule has 2 aliphatic rings. The van der Waals surface area contributed by atoms with Gasteiger partial charge in [-0.05, 0) is 0 Å². The van der Waals surface area contributed by atoms with Crippen molar-refractivity contribution in [3.8, 4) is 9.75 Å². The van der Waals surface area contributed by atoms with Crippen LogP contribution < -0.4 is 13.3 Å². The molecule has 1 fully saturated rings. The van der Waals surface area contributed by atoms with Crippen LogP contribution >= 0.6 is 22.7 Å². The van der Waals surface area contributed by atoms with Gasteiger partial charge in [-0.3, -0.25) is 0 Å². The van der Waals surface area contributed by atoms with Crippen LogP contribution in [-0.2, 0) is 0 Å². The summed E-state index contributed by atoms with van der Waals surface area (Å²) in [5, 5.41) is 3.82. The van der Waals surface area contributed by atoms with Crippen molar-refractivity contribution in [3.63, 3.8) is 0 Å². The molecule has 0 nitrogen and oxygen atoms in total. The van der Waals surface area contributed by atoms with E-state index in [-0.39, 0.29) is 0 Å². The molecule has 1 aliphatic carbocycles. The first-order chi connectivity index (χ1) is 14.3. The summed E-state index contributed by atoms with van der Waals surface area (Å²) in [6, 6.07) is 7.05. The molecule has 30 heavy (non-hydrogen) atoms. The maximum atomic E-state index is 2.82. The molecular formula is C26H42S2SiSn. The van der Waals surface area contributed by atoms with Crippen molar-refractivity contribution in [3.05, 3.63) is 17.0 Å². The van der Waals surface area contributed by atoms with E-state index in [1.165, 1.54) is 57.8 Å². The van der Waals surface area contributed by atoms with Crippen LogP contribution in [0.2, 0.25) is 26.4 Å². The Morgan fingerprint density at radius 3 is 2.30 bits per heavy atom. The van der Waals surface area contributed by atoms with Crippen LogP contribution in [0.25, 0.3) is 9.75 Å². The van der Waals surface area contributed by atoms with Gasteiger partial charge in [-0.15, -0.1) is 0 Å². The van der Waals surface area contributed by atoms with Gasteiger partial charge >= 0.3 is 200 Å².